The van der Waals surface area contributed by atoms with Crippen LogP contribution < -0.4 is 0 Å². The normalized spacial score (nSPS) is 7.00. The Kier molecular flexibility index (Phi) is 9.67. The molecule has 0 amide bonds. The second-order valence-corrected chi connectivity index (χ2v) is 1.78. The Morgan fingerprint density at radius 3 is 1.91 bits per heavy atom. The third-order valence-corrected chi connectivity index (χ3v) is 0.558. The van der Waals surface area contributed by atoms with Crippen molar-refractivity contribution in [2.45, 2.75) is 26.7 Å². The van der Waals surface area contributed by atoms with Crippen molar-refractivity contribution >= 4 is 11.8 Å². The molecule has 0 aromatic carbocycles. The van der Waals surface area contributed by atoms with Crippen LogP contribution in [0.2, 0.25) is 0 Å². The number of carboxylic acid groups (broad SMARTS) is 1. The molecule has 0 saturated carbocycles. The smallest absolute Gasteiger partial charge is 0.310 e. The van der Waals surface area contributed by atoms with Gasteiger partial charge in [0.1, 0.15) is 12.2 Å². The van der Waals surface area contributed by atoms with Crippen LogP contribution in [0.1, 0.15) is 26.7 Å². The molecule has 0 aliphatic rings. The number of carboxylic acids is 1. The summed E-state index contributed by atoms with van der Waals surface area (Å²) in [5, 5.41) is 15.5. The second-order valence-electron chi connectivity index (χ2n) is 1.78. The number of ketones is 1. The molecule has 0 spiro atoms. The van der Waals surface area contributed by atoms with E-state index in [2.05, 4.69) is 0 Å². The van der Waals surface area contributed by atoms with Crippen LogP contribution in [0.15, 0.2) is 0 Å². The lowest BCUT2D eigenvalue weighted by molar-refractivity contribution is -0.139. The number of nitriles is 1. The SMILES string of the molecule is CC(=O)CC(=O)O.CCC#N. The first kappa shape index (κ1) is 12.3. The van der Waals surface area contributed by atoms with Gasteiger partial charge >= 0.3 is 5.97 Å². The van der Waals surface area contributed by atoms with Gasteiger partial charge in [-0.2, -0.15) is 5.26 Å². The fraction of sp³-hybridized carbons (Fsp3) is 0.571. The van der Waals surface area contributed by atoms with Crippen LogP contribution in [-0.4, -0.2) is 16.9 Å². The molecule has 0 radical (unpaired) electrons. The molecule has 0 aliphatic heterocycles. The molecular formula is C7H11NO3. The molecule has 0 rings (SSSR count). The first-order chi connectivity index (χ1) is 5.04. The summed E-state index contributed by atoms with van der Waals surface area (Å²) < 4.78 is 0. The van der Waals surface area contributed by atoms with Crippen molar-refractivity contribution in [3.05, 3.63) is 0 Å². The maximum absolute atomic E-state index is 9.87. The Morgan fingerprint density at radius 1 is 1.55 bits per heavy atom. The molecule has 0 atom stereocenters. The lowest BCUT2D eigenvalue weighted by Gasteiger charge is -1.80. The van der Waals surface area contributed by atoms with Crippen LogP contribution in [0.3, 0.4) is 0 Å². The molecule has 0 bridgehead atoms. The molecule has 0 heterocycles. The first-order valence-corrected chi connectivity index (χ1v) is 3.12. The van der Waals surface area contributed by atoms with Crippen LogP contribution in [0.4, 0.5) is 0 Å². The number of nitrogens with zero attached hydrogens (tertiary/aromatic N) is 1. The van der Waals surface area contributed by atoms with E-state index in [0.717, 1.165) is 0 Å². The molecule has 0 aromatic rings. The summed E-state index contributed by atoms with van der Waals surface area (Å²) in [4.78, 5) is 19.5. The number of aliphatic carboxylic acids is 1. The van der Waals surface area contributed by atoms with Gasteiger partial charge in [0.15, 0.2) is 0 Å². The molecule has 11 heavy (non-hydrogen) atoms. The van der Waals surface area contributed by atoms with E-state index in [-0.39, 0.29) is 12.2 Å². The van der Waals surface area contributed by atoms with Gasteiger partial charge in [0, 0.05) is 6.42 Å². The van der Waals surface area contributed by atoms with E-state index < -0.39 is 5.97 Å². The van der Waals surface area contributed by atoms with Gasteiger partial charge in [-0.1, -0.05) is 6.92 Å². The summed E-state index contributed by atoms with van der Waals surface area (Å²) in [6.07, 6.45) is 0.264. The first-order valence-electron chi connectivity index (χ1n) is 3.12. The summed E-state index contributed by atoms with van der Waals surface area (Å²) in [6.45, 7) is 3.06. The standard InChI is InChI=1S/C4H6O3.C3H5N/c1-3(5)2-4(6)7;1-2-3-4/h2H2,1H3,(H,6,7);2H2,1H3. The van der Waals surface area contributed by atoms with Crippen LogP contribution in [0.5, 0.6) is 0 Å². The van der Waals surface area contributed by atoms with E-state index in [1.54, 1.807) is 0 Å². The summed E-state index contributed by atoms with van der Waals surface area (Å²) in [5.74, 6) is -1.37. The van der Waals surface area contributed by atoms with Gasteiger partial charge in [-0.25, -0.2) is 0 Å². The lowest BCUT2D eigenvalue weighted by atomic mass is 10.3. The number of Topliss-reactive ketones (excluding diaryl/α,β-unsaturated/α-hetero) is 1. The highest BCUT2D eigenvalue weighted by Crippen LogP contribution is 1.77. The van der Waals surface area contributed by atoms with Crippen molar-refractivity contribution in [2.75, 3.05) is 0 Å². The minimum absolute atomic E-state index is 0.312. The molecule has 0 aliphatic carbocycles. The summed E-state index contributed by atoms with van der Waals surface area (Å²) in [5.41, 5.74) is 0. The fourth-order valence-corrected chi connectivity index (χ4v) is 0.213. The van der Waals surface area contributed by atoms with E-state index >= 15 is 0 Å². The van der Waals surface area contributed by atoms with Crippen LogP contribution in [0, 0.1) is 11.3 Å². The molecular weight excluding hydrogens is 146 g/mol. The molecule has 62 valence electrons. The monoisotopic (exact) mass is 157 g/mol. The fourth-order valence-electron chi connectivity index (χ4n) is 0.213. The highest BCUT2D eigenvalue weighted by atomic mass is 16.4. The van der Waals surface area contributed by atoms with Crippen molar-refractivity contribution in [1.82, 2.24) is 0 Å². The predicted molar refractivity (Wildman–Crippen MR) is 38.8 cm³/mol. The zero-order valence-corrected chi connectivity index (χ0v) is 6.63. The van der Waals surface area contributed by atoms with Crippen molar-refractivity contribution < 1.29 is 14.7 Å². The van der Waals surface area contributed by atoms with Crippen LogP contribution in [-0.2, 0) is 9.59 Å². The van der Waals surface area contributed by atoms with Gasteiger partial charge in [0.25, 0.3) is 0 Å². The molecule has 4 nitrogen and oxygen atoms in total. The maximum Gasteiger partial charge on any atom is 0.310 e. The van der Waals surface area contributed by atoms with Crippen LogP contribution >= 0.6 is 0 Å². The molecule has 0 unspecified atom stereocenters. The topological polar surface area (TPSA) is 78.2 Å². The number of hydrogen-bond donors (Lipinski definition) is 1. The average molecular weight is 157 g/mol. The third-order valence-electron chi connectivity index (χ3n) is 0.558. The summed E-state index contributed by atoms with van der Waals surface area (Å²) in [7, 11) is 0. The quantitative estimate of drug-likeness (QED) is 0.606. The zero-order valence-electron chi connectivity index (χ0n) is 6.63. The second kappa shape index (κ2) is 8.63. The van der Waals surface area contributed by atoms with Crippen molar-refractivity contribution in [1.29, 1.82) is 5.26 Å². The van der Waals surface area contributed by atoms with E-state index in [1.165, 1.54) is 6.92 Å². The Hall–Kier alpha value is -1.37. The number of carbonyl (C=O) groups is 2. The summed E-state index contributed by atoms with van der Waals surface area (Å²) >= 11 is 0. The number of carbonyl (C=O) groups excluding carboxylic acids is 1. The van der Waals surface area contributed by atoms with Gasteiger partial charge in [0.05, 0.1) is 6.07 Å². The van der Waals surface area contributed by atoms with Crippen molar-refractivity contribution in [2.24, 2.45) is 0 Å². The minimum Gasteiger partial charge on any atom is -0.481 e. The average Bonchev–Trinajstić information content (AvgIpc) is 1.85. The van der Waals surface area contributed by atoms with Gasteiger partial charge in [-0.3, -0.25) is 9.59 Å². The maximum atomic E-state index is 9.87. The van der Waals surface area contributed by atoms with Gasteiger partial charge in [-0.05, 0) is 6.92 Å². The number of hydrogen-bond acceptors (Lipinski definition) is 3. The van der Waals surface area contributed by atoms with E-state index in [4.69, 9.17) is 10.4 Å². The van der Waals surface area contributed by atoms with E-state index in [1.807, 2.05) is 13.0 Å². The largest absolute Gasteiger partial charge is 0.481 e. The van der Waals surface area contributed by atoms with Crippen molar-refractivity contribution in [3.63, 3.8) is 0 Å². The molecule has 0 saturated heterocycles. The van der Waals surface area contributed by atoms with Gasteiger partial charge in [-0.15, -0.1) is 0 Å². The Bertz CT molecular complexity index is 157. The Labute approximate surface area is 65.4 Å². The summed E-state index contributed by atoms with van der Waals surface area (Å²) in [6, 6.07) is 1.93. The van der Waals surface area contributed by atoms with Gasteiger partial charge in [0.2, 0.25) is 0 Å². The molecule has 0 fully saturated rings. The third kappa shape index (κ3) is 28.8. The number of rotatable bonds is 2. The lowest BCUT2D eigenvalue weighted by Crippen LogP contribution is -2.00. The van der Waals surface area contributed by atoms with E-state index in [9.17, 15) is 9.59 Å². The molecule has 1 N–H and O–H groups in total. The highest BCUT2D eigenvalue weighted by Gasteiger charge is 1.98. The molecule has 0 aromatic heterocycles. The predicted octanol–water partition coefficient (Wildman–Crippen LogP) is 0.970. The van der Waals surface area contributed by atoms with Crippen molar-refractivity contribution in [3.8, 4) is 6.07 Å². The zero-order chi connectivity index (χ0) is 9.28. The Balaban J connectivity index is 0. The molecule has 4 heteroatoms. The van der Waals surface area contributed by atoms with Crippen LogP contribution in [0.25, 0.3) is 0 Å². The minimum atomic E-state index is -1.06. The van der Waals surface area contributed by atoms with E-state index in [0.29, 0.717) is 6.42 Å². The Morgan fingerprint density at radius 2 is 1.91 bits per heavy atom. The highest BCUT2D eigenvalue weighted by molar-refractivity contribution is 5.93. The van der Waals surface area contributed by atoms with Gasteiger partial charge < -0.3 is 5.11 Å².